The quantitative estimate of drug-likeness (QED) is 0.331. The number of carbonyl (C=O) groups excluding carboxylic acids is 2. The highest BCUT2D eigenvalue weighted by Crippen LogP contribution is 2.32. The van der Waals surface area contributed by atoms with Gasteiger partial charge < -0.3 is 20.8 Å². The Labute approximate surface area is 229 Å². The van der Waals surface area contributed by atoms with Crippen LogP contribution in [0.5, 0.6) is 0 Å². The smallest absolute Gasteiger partial charge is 0.252 e. The van der Waals surface area contributed by atoms with Gasteiger partial charge in [0, 0.05) is 23.4 Å². The molecule has 0 aliphatic heterocycles. The number of aliphatic hydroxyl groups is 2. The molecule has 0 radical (unpaired) electrons. The zero-order valence-corrected chi connectivity index (χ0v) is 22.7. The van der Waals surface area contributed by atoms with Crippen LogP contribution >= 0.6 is 0 Å². The van der Waals surface area contributed by atoms with Crippen LogP contribution in [0.1, 0.15) is 65.8 Å². The molecule has 6 nitrogen and oxygen atoms in total. The van der Waals surface area contributed by atoms with E-state index in [4.69, 9.17) is 0 Å². The Kier molecular flexibility index (Phi) is 8.83. The number of aliphatic hydroxyl groups excluding tert-OH is 2. The molecule has 0 aromatic heterocycles. The summed E-state index contributed by atoms with van der Waals surface area (Å²) in [4.78, 5) is 26.4. The molecule has 0 fully saturated rings. The number of nitrogens with one attached hydrogen (secondary N) is 2. The maximum Gasteiger partial charge on any atom is 0.252 e. The van der Waals surface area contributed by atoms with E-state index in [1.54, 1.807) is 0 Å². The fourth-order valence-electron chi connectivity index (χ4n) is 5.21. The van der Waals surface area contributed by atoms with E-state index in [9.17, 15) is 24.2 Å². The summed E-state index contributed by atoms with van der Waals surface area (Å²) in [7, 11) is 0. The van der Waals surface area contributed by atoms with Crippen molar-refractivity contribution in [3.8, 4) is 0 Å². The van der Waals surface area contributed by atoms with Crippen molar-refractivity contribution in [2.24, 2.45) is 5.92 Å². The summed E-state index contributed by atoms with van der Waals surface area (Å²) in [5.74, 6) is -1.81. The van der Waals surface area contributed by atoms with E-state index in [0.29, 0.717) is 18.4 Å². The third kappa shape index (κ3) is 7.52. The van der Waals surface area contributed by atoms with Gasteiger partial charge in [-0.05, 0) is 74.4 Å². The fraction of sp³-hybridized carbons (Fsp3) is 0.375. The highest BCUT2D eigenvalue weighted by Gasteiger charge is 2.34. The molecule has 0 bridgehead atoms. The van der Waals surface area contributed by atoms with Crippen LogP contribution in [0.25, 0.3) is 0 Å². The van der Waals surface area contributed by atoms with Crippen LogP contribution in [0, 0.1) is 11.7 Å². The first-order chi connectivity index (χ1) is 18.5. The highest BCUT2D eigenvalue weighted by atomic mass is 19.1. The zero-order chi connectivity index (χ0) is 28.2. The summed E-state index contributed by atoms with van der Waals surface area (Å²) in [5, 5.41) is 27.7. The van der Waals surface area contributed by atoms with Crippen molar-refractivity contribution >= 4 is 11.8 Å². The van der Waals surface area contributed by atoms with Gasteiger partial charge >= 0.3 is 0 Å². The largest absolute Gasteiger partial charge is 0.393 e. The second kappa shape index (κ2) is 12.1. The molecule has 4 rings (SSSR count). The van der Waals surface area contributed by atoms with E-state index in [0.717, 1.165) is 16.7 Å². The van der Waals surface area contributed by atoms with E-state index in [1.165, 1.54) is 18.2 Å². The molecule has 4 N–H and O–H groups in total. The molecule has 0 saturated heterocycles. The number of hydrogen-bond donors (Lipinski definition) is 4. The minimum absolute atomic E-state index is 0.0840. The molecular formula is C32H37FN2O4. The lowest BCUT2D eigenvalue weighted by atomic mass is 9.89. The second-order valence-electron chi connectivity index (χ2n) is 11.4. The Bertz CT molecular complexity index is 1310. The summed E-state index contributed by atoms with van der Waals surface area (Å²) in [5.41, 5.74) is 3.01. The van der Waals surface area contributed by atoms with Gasteiger partial charge in [-0.2, -0.15) is 0 Å². The molecule has 3 aromatic carbocycles. The first-order valence-electron chi connectivity index (χ1n) is 13.4. The highest BCUT2D eigenvalue weighted by molar-refractivity contribution is 5.96. The molecule has 0 spiro atoms. The first kappa shape index (κ1) is 28.5. The predicted molar refractivity (Wildman–Crippen MR) is 149 cm³/mol. The number of amides is 2. The van der Waals surface area contributed by atoms with Crippen LogP contribution in [0.4, 0.5) is 4.39 Å². The van der Waals surface area contributed by atoms with Crippen LogP contribution in [-0.4, -0.2) is 39.8 Å². The average molecular weight is 533 g/mol. The molecule has 0 saturated carbocycles. The molecule has 2 amide bonds. The molecule has 4 atom stereocenters. The molecule has 3 aromatic rings. The summed E-state index contributed by atoms with van der Waals surface area (Å²) in [6.07, 6.45) is -0.607. The van der Waals surface area contributed by atoms with Crippen molar-refractivity contribution in [2.45, 2.75) is 70.2 Å². The van der Waals surface area contributed by atoms with Crippen LogP contribution in [-0.2, 0) is 24.1 Å². The lowest BCUT2D eigenvalue weighted by Crippen LogP contribution is -2.41. The molecule has 7 heteroatoms. The number of carbonyl (C=O) groups is 2. The summed E-state index contributed by atoms with van der Waals surface area (Å²) >= 11 is 0. The van der Waals surface area contributed by atoms with Gasteiger partial charge in [0.25, 0.3) is 5.91 Å². The lowest BCUT2D eigenvalue weighted by Gasteiger charge is -2.25. The van der Waals surface area contributed by atoms with Gasteiger partial charge in [0.1, 0.15) is 5.82 Å². The minimum atomic E-state index is -0.961. The van der Waals surface area contributed by atoms with Crippen molar-refractivity contribution in [1.29, 1.82) is 0 Å². The van der Waals surface area contributed by atoms with E-state index < -0.39 is 41.4 Å². The maximum atomic E-state index is 14.1. The predicted octanol–water partition coefficient (Wildman–Crippen LogP) is 4.28. The van der Waals surface area contributed by atoms with Crippen molar-refractivity contribution in [2.75, 3.05) is 0 Å². The number of rotatable bonds is 9. The minimum Gasteiger partial charge on any atom is -0.393 e. The molecule has 1 aliphatic carbocycles. The molecule has 39 heavy (non-hydrogen) atoms. The summed E-state index contributed by atoms with van der Waals surface area (Å²) < 4.78 is 14.1. The van der Waals surface area contributed by atoms with Crippen molar-refractivity contribution < 1.29 is 24.2 Å². The average Bonchev–Trinajstić information content (AvgIpc) is 3.19. The fourth-order valence-corrected chi connectivity index (χ4v) is 5.21. The second-order valence-corrected chi connectivity index (χ2v) is 11.4. The first-order valence-corrected chi connectivity index (χ1v) is 13.4. The van der Waals surface area contributed by atoms with Crippen LogP contribution < -0.4 is 10.6 Å². The van der Waals surface area contributed by atoms with Crippen molar-refractivity contribution in [3.63, 3.8) is 0 Å². The van der Waals surface area contributed by atoms with Gasteiger partial charge in [-0.25, -0.2) is 4.39 Å². The van der Waals surface area contributed by atoms with Gasteiger partial charge in [-0.1, -0.05) is 60.7 Å². The number of hydrogen-bond acceptors (Lipinski definition) is 4. The molecular weight excluding hydrogens is 495 g/mol. The molecule has 206 valence electrons. The monoisotopic (exact) mass is 532 g/mol. The Balaban J connectivity index is 1.52. The van der Waals surface area contributed by atoms with Crippen LogP contribution in [0.3, 0.4) is 0 Å². The number of benzene rings is 3. The SMILES string of the molecule is CC(C)(C)NC(=O)c1cc(F)ccc1CC(O)C[C@@H](Cc1ccccc1)C(=O)N[C@H]1c2ccccc2C[C@H]1O. The van der Waals surface area contributed by atoms with Gasteiger partial charge in [-0.15, -0.1) is 0 Å². The van der Waals surface area contributed by atoms with E-state index >= 15 is 0 Å². The Morgan fingerprint density at radius 2 is 1.69 bits per heavy atom. The Morgan fingerprint density at radius 1 is 1.00 bits per heavy atom. The van der Waals surface area contributed by atoms with Crippen molar-refractivity contribution in [3.05, 3.63) is 106 Å². The number of halogens is 1. The van der Waals surface area contributed by atoms with Crippen molar-refractivity contribution in [1.82, 2.24) is 10.6 Å². The van der Waals surface area contributed by atoms with Gasteiger partial charge in [0.05, 0.1) is 18.2 Å². The van der Waals surface area contributed by atoms with E-state index in [1.807, 2.05) is 75.4 Å². The summed E-state index contributed by atoms with van der Waals surface area (Å²) in [6.45, 7) is 5.52. The van der Waals surface area contributed by atoms with Gasteiger partial charge in [0.2, 0.25) is 5.91 Å². The third-order valence-corrected chi connectivity index (χ3v) is 7.01. The normalized spacial score (nSPS) is 18.2. The van der Waals surface area contributed by atoms with E-state index in [-0.39, 0.29) is 24.3 Å². The van der Waals surface area contributed by atoms with Gasteiger partial charge in [-0.3, -0.25) is 9.59 Å². The maximum absolute atomic E-state index is 14.1. The van der Waals surface area contributed by atoms with Crippen LogP contribution in [0.15, 0.2) is 72.8 Å². The third-order valence-electron chi connectivity index (χ3n) is 7.01. The summed E-state index contributed by atoms with van der Waals surface area (Å²) in [6, 6.07) is 20.7. The molecule has 1 unspecified atom stereocenters. The van der Waals surface area contributed by atoms with Gasteiger partial charge in [0.15, 0.2) is 0 Å². The number of fused-ring (bicyclic) bond motifs is 1. The molecule has 0 heterocycles. The topological polar surface area (TPSA) is 98.7 Å². The van der Waals surface area contributed by atoms with Crippen LogP contribution in [0.2, 0.25) is 0 Å². The lowest BCUT2D eigenvalue weighted by molar-refractivity contribution is -0.127. The Hall–Kier alpha value is -3.55. The Morgan fingerprint density at radius 3 is 2.41 bits per heavy atom. The zero-order valence-electron chi connectivity index (χ0n) is 22.7. The standard InChI is InChI=1S/C32H37FN2O4/c1-32(2,3)35-31(39)27-19-24(33)14-13-22(27)16-25(36)17-23(15-20-9-5-4-6-10-20)30(38)34-29-26-12-8-7-11-21(26)18-28(29)37/h4-14,19,23,25,28-29,36-37H,15-18H2,1-3H3,(H,34,38)(H,35,39)/t23-,25?,28-,29+/m1/s1. The van der Waals surface area contributed by atoms with E-state index in [2.05, 4.69) is 10.6 Å². The molecule has 1 aliphatic rings.